The second kappa shape index (κ2) is 3.99. The fourth-order valence-corrected chi connectivity index (χ4v) is 2.29. The van der Waals surface area contributed by atoms with Gasteiger partial charge < -0.3 is 15.3 Å². The Morgan fingerprint density at radius 1 is 1.28 bits per heavy atom. The summed E-state index contributed by atoms with van der Waals surface area (Å²) in [4.78, 5) is 3.23. The zero-order valence-corrected chi connectivity index (χ0v) is 10.1. The number of halogens is 1. The van der Waals surface area contributed by atoms with E-state index in [2.05, 4.69) is 4.98 Å². The number of hydrogen-bond acceptors (Lipinski definition) is 1. The molecule has 2 heterocycles. The zero-order chi connectivity index (χ0) is 12.7. The molecule has 0 fully saturated rings. The first kappa shape index (κ1) is 11.0. The highest BCUT2D eigenvalue weighted by atomic mass is 19.1. The van der Waals surface area contributed by atoms with E-state index in [1.165, 1.54) is 6.07 Å². The smallest absolute Gasteiger partial charge is 0.132 e. The summed E-state index contributed by atoms with van der Waals surface area (Å²) in [5.74, 6) is -0.205. The molecule has 2 aromatic heterocycles. The largest absolute Gasteiger partial charge is 0.353 e. The minimum atomic E-state index is -0.205. The van der Waals surface area contributed by atoms with Gasteiger partial charge in [-0.2, -0.15) is 0 Å². The minimum absolute atomic E-state index is 0.205. The van der Waals surface area contributed by atoms with E-state index in [0.29, 0.717) is 11.9 Å². The van der Waals surface area contributed by atoms with E-state index in [1.807, 2.05) is 35.9 Å². The van der Waals surface area contributed by atoms with Gasteiger partial charge in [0.25, 0.3) is 0 Å². The molecule has 3 aromatic rings. The Morgan fingerprint density at radius 3 is 2.78 bits per heavy atom. The maximum atomic E-state index is 13.6. The number of rotatable bonds is 2. The highest BCUT2D eigenvalue weighted by molar-refractivity contribution is 5.85. The number of aromatic nitrogens is 2. The van der Waals surface area contributed by atoms with Gasteiger partial charge in [-0.15, -0.1) is 0 Å². The molecule has 3 nitrogen and oxygen atoms in total. The second-order valence-electron chi connectivity index (χ2n) is 4.36. The van der Waals surface area contributed by atoms with E-state index in [9.17, 15) is 4.39 Å². The number of aromatic amines is 1. The normalized spacial score (nSPS) is 11.3. The van der Waals surface area contributed by atoms with E-state index in [-0.39, 0.29) is 5.82 Å². The predicted molar refractivity (Wildman–Crippen MR) is 70.6 cm³/mol. The third-order valence-electron chi connectivity index (χ3n) is 3.32. The number of hydrogen-bond donors (Lipinski definition) is 2. The van der Waals surface area contributed by atoms with Crippen molar-refractivity contribution in [3.8, 4) is 11.4 Å². The zero-order valence-electron chi connectivity index (χ0n) is 10.1. The van der Waals surface area contributed by atoms with Crippen LogP contribution in [-0.2, 0) is 13.6 Å². The number of nitrogens with two attached hydrogens (primary N) is 1. The third kappa shape index (κ3) is 1.54. The number of H-pyrrole nitrogens is 1. The molecule has 18 heavy (non-hydrogen) atoms. The van der Waals surface area contributed by atoms with Gasteiger partial charge in [-0.05, 0) is 30.3 Å². The molecule has 4 heteroatoms. The Labute approximate surface area is 104 Å². The molecule has 3 N–H and O–H groups in total. The maximum Gasteiger partial charge on any atom is 0.132 e. The van der Waals surface area contributed by atoms with Crippen LogP contribution in [0, 0.1) is 5.82 Å². The summed E-state index contributed by atoms with van der Waals surface area (Å²) in [6.45, 7) is 0.491. The van der Waals surface area contributed by atoms with Crippen molar-refractivity contribution in [2.45, 2.75) is 6.54 Å². The van der Waals surface area contributed by atoms with Gasteiger partial charge in [0.1, 0.15) is 5.82 Å². The minimum Gasteiger partial charge on any atom is -0.353 e. The highest BCUT2D eigenvalue weighted by Gasteiger charge is 2.10. The molecular formula is C14H14FN3. The van der Waals surface area contributed by atoms with Gasteiger partial charge in [0, 0.05) is 30.2 Å². The number of nitrogens with zero attached hydrogens (tertiary/aromatic N) is 1. The number of nitrogens with one attached hydrogen (secondary N) is 1. The summed E-state index contributed by atoms with van der Waals surface area (Å²) >= 11 is 0. The lowest BCUT2D eigenvalue weighted by Gasteiger charge is -2.04. The molecule has 0 unspecified atom stereocenters. The monoisotopic (exact) mass is 243 g/mol. The third-order valence-corrected chi connectivity index (χ3v) is 3.32. The molecule has 3 rings (SSSR count). The molecule has 0 saturated heterocycles. The summed E-state index contributed by atoms with van der Waals surface area (Å²) in [5, 5.41) is 0.614. The van der Waals surface area contributed by atoms with Crippen LogP contribution in [0.15, 0.2) is 36.4 Å². The lowest BCUT2D eigenvalue weighted by Crippen LogP contribution is -2.03. The standard InChI is InChI=1S/C14H14FN3/c1-18-9(8-16)5-6-14(18)13-7-10-11(15)3-2-4-12(10)17-13/h2-7,17H,8,16H2,1H3. The van der Waals surface area contributed by atoms with Gasteiger partial charge in [0.2, 0.25) is 0 Å². The predicted octanol–water partition coefficient (Wildman–Crippen LogP) is 2.77. The molecule has 0 bridgehead atoms. The van der Waals surface area contributed by atoms with Crippen molar-refractivity contribution < 1.29 is 4.39 Å². The van der Waals surface area contributed by atoms with Crippen LogP contribution in [0.2, 0.25) is 0 Å². The Morgan fingerprint density at radius 2 is 2.11 bits per heavy atom. The van der Waals surface area contributed by atoms with Crippen LogP contribution in [-0.4, -0.2) is 9.55 Å². The van der Waals surface area contributed by atoms with Crippen molar-refractivity contribution in [2.75, 3.05) is 0 Å². The fourth-order valence-electron chi connectivity index (χ4n) is 2.29. The summed E-state index contributed by atoms with van der Waals surface area (Å²) in [5.41, 5.74) is 9.41. The Bertz CT molecular complexity index is 709. The molecule has 1 aromatic carbocycles. The molecule has 0 aliphatic rings. The van der Waals surface area contributed by atoms with E-state index < -0.39 is 0 Å². The fraction of sp³-hybridized carbons (Fsp3) is 0.143. The quantitative estimate of drug-likeness (QED) is 0.714. The van der Waals surface area contributed by atoms with Gasteiger partial charge in [-0.1, -0.05) is 6.07 Å². The Kier molecular flexibility index (Phi) is 2.45. The molecule has 0 aliphatic carbocycles. The first-order valence-corrected chi connectivity index (χ1v) is 5.83. The van der Waals surface area contributed by atoms with Crippen LogP contribution in [0.25, 0.3) is 22.3 Å². The second-order valence-corrected chi connectivity index (χ2v) is 4.36. The lowest BCUT2D eigenvalue weighted by molar-refractivity contribution is 0.640. The van der Waals surface area contributed by atoms with Crippen molar-refractivity contribution in [2.24, 2.45) is 12.8 Å². The molecule has 0 saturated carbocycles. The van der Waals surface area contributed by atoms with Crippen LogP contribution in [0.1, 0.15) is 5.69 Å². The van der Waals surface area contributed by atoms with Gasteiger partial charge in [-0.25, -0.2) is 4.39 Å². The van der Waals surface area contributed by atoms with Crippen LogP contribution in [0.3, 0.4) is 0 Å². The van der Waals surface area contributed by atoms with Crippen molar-refractivity contribution >= 4 is 10.9 Å². The summed E-state index contributed by atoms with van der Waals surface area (Å²) in [7, 11) is 1.96. The summed E-state index contributed by atoms with van der Waals surface area (Å²) in [6, 6.07) is 10.8. The summed E-state index contributed by atoms with van der Waals surface area (Å²) < 4.78 is 15.7. The van der Waals surface area contributed by atoms with Gasteiger partial charge in [0.05, 0.1) is 11.4 Å². The summed E-state index contributed by atoms with van der Waals surface area (Å²) in [6.07, 6.45) is 0. The first-order chi connectivity index (χ1) is 8.70. The Balaban J connectivity index is 2.19. The van der Waals surface area contributed by atoms with E-state index in [0.717, 1.165) is 22.6 Å². The molecule has 0 aliphatic heterocycles. The van der Waals surface area contributed by atoms with Crippen molar-refractivity contribution in [3.63, 3.8) is 0 Å². The SMILES string of the molecule is Cn1c(CN)ccc1-c1cc2c(F)cccc2[nH]1. The topological polar surface area (TPSA) is 46.7 Å². The number of fused-ring (bicyclic) bond motifs is 1. The molecule has 0 amide bonds. The van der Waals surface area contributed by atoms with Crippen LogP contribution >= 0.6 is 0 Å². The van der Waals surface area contributed by atoms with E-state index in [1.54, 1.807) is 6.07 Å². The highest BCUT2D eigenvalue weighted by Crippen LogP contribution is 2.26. The molecule has 0 atom stereocenters. The molecular weight excluding hydrogens is 229 g/mol. The first-order valence-electron chi connectivity index (χ1n) is 5.83. The van der Waals surface area contributed by atoms with Crippen molar-refractivity contribution in [1.82, 2.24) is 9.55 Å². The maximum absolute atomic E-state index is 13.6. The molecule has 0 radical (unpaired) electrons. The average Bonchev–Trinajstić information content (AvgIpc) is 2.93. The Hall–Kier alpha value is -2.07. The molecule has 0 spiro atoms. The van der Waals surface area contributed by atoms with Gasteiger partial charge >= 0.3 is 0 Å². The van der Waals surface area contributed by atoms with Crippen LogP contribution in [0.5, 0.6) is 0 Å². The van der Waals surface area contributed by atoms with Crippen LogP contribution < -0.4 is 5.73 Å². The average molecular weight is 243 g/mol. The molecule has 92 valence electrons. The number of benzene rings is 1. The van der Waals surface area contributed by atoms with Gasteiger partial charge in [0.15, 0.2) is 0 Å². The van der Waals surface area contributed by atoms with Crippen molar-refractivity contribution in [1.29, 1.82) is 0 Å². The van der Waals surface area contributed by atoms with Crippen LogP contribution in [0.4, 0.5) is 4.39 Å². The van der Waals surface area contributed by atoms with Gasteiger partial charge in [-0.3, -0.25) is 0 Å². The van der Waals surface area contributed by atoms with Crippen molar-refractivity contribution in [3.05, 3.63) is 47.9 Å². The lowest BCUT2D eigenvalue weighted by atomic mass is 10.2. The van der Waals surface area contributed by atoms with E-state index in [4.69, 9.17) is 5.73 Å². The van der Waals surface area contributed by atoms with E-state index >= 15 is 0 Å².